The molecule has 9 heteroatoms. The van der Waals surface area contributed by atoms with E-state index in [1.54, 1.807) is 23.6 Å². The number of hydrogen-bond donors (Lipinski definition) is 2. The molecule has 2 bridgehead atoms. The lowest BCUT2D eigenvalue weighted by atomic mass is 9.71. The first kappa shape index (κ1) is 24.8. The molecule has 3 aliphatic rings. The summed E-state index contributed by atoms with van der Waals surface area (Å²) in [6.45, 7) is 11.6. The van der Waals surface area contributed by atoms with E-state index in [-0.39, 0.29) is 47.0 Å². The second-order valence-corrected chi connectivity index (χ2v) is 13.1. The quantitative estimate of drug-likeness (QED) is 0.396. The van der Waals surface area contributed by atoms with Crippen LogP contribution in [-0.4, -0.2) is 73.5 Å². The van der Waals surface area contributed by atoms with Gasteiger partial charge < -0.3 is 20.1 Å². The smallest absolute Gasteiger partial charge is 0.310 e. The van der Waals surface area contributed by atoms with Gasteiger partial charge in [0, 0.05) is 15.6 Å². The largest absolute Gasteiger partial charge is 0.466 e. The molecule has 0 saturated carbocycles. The second kappa shape index (κ2) is 8.86. The van der Waals surface area contributed by atoms with Gasteiger partial charge in [0.05, 0.1) is 35.8 Å². The zero-order valence-electron chi connectivity index (χ0n) is 19.2. The molecule has 7 nitrogen and oxygen atoms in total. The fraction of sp³-hybridized carbons (Fsp3) is 0.864. The fourth-order valence-corrected chi connectivity index (χ4v) is 9.11. The molecule has 3 unspecified atom stereocenters. The van der Waals surface area contributed by atoms with E-state index >= 15 is 0 Å². The molecule has 31 heavy (non-hydrogen) atoms. The maximum atomic E-state index is 13.9. The van der Waals surface area contributed by atoms with Crippen LogP contribution >= 0.6 is 27.7 Å². The minimum absolute atomic E-state index is 0.0125. The molecule has 3 aliphatic heterocycles. The van der Waals surface area contributed by atoms with Gasteiger partial charge in [0.15, 0.2) is 0 Å². The summed E-state index contributed by atoms with van der Waals surface area (Å²) in [5.41, 5.74) is -0.469. The van der Waals surface area contributed by atoms with Gasteiger partial charge in [-0.25, -0.2) is 0 Å². The molecule has 0 radical (unpaired) electrons. The minimum Gasteiger partial charge on any atom is -0.466 e. The Hall–Kier alpha value is -0.800. The van der Waals surface area contributed by atoms with Crippen LogP contribution in [0.3, 0.4) is 0 Å². The van der Waals surface area contributed by atoms with Crippen LogP contribution in [0.15, 0.2) is 0 Å². The average molecular weight is 520 g/mol. The number of esters is 1. The number of likely N-dealkylation sites (tertiary alicyclic amines) is 1. The first-order valence-electron chi connectivity index (χ1n) is 11.1. The Balaban J connectivity index is 2.09. The van der Waals surface area contributed by atoms with E-state index < -0.39 is 34.2 Å². The summed E-state index contributed by atoms with van der Waals surface area (Å²) in [6.07, 6.45) is 1.20. The van der Waals surface area contributed by atoms with E-state index in [0.717, 1.165) is 0 Å². The molecule has 176 valence electrons. The molecule has 0 aromatic carbocycles. The van der Waals surface area contributed by atoms with E-state index in [4.69, 9.17) is 4.74 Å². The predicted molar refractivity (Wildman–Crippen MR) is 124 cm³/mol. The number of alkyl halides is 1. The third-order valence-electron chi connectivity index (χ3n) is 6.38. The number of nitrogens with zero attached hydrogens (tertiary/aromatic N) is 1. The Labute approximate surface area is 197 Å². The Morgan fingerprint density at radius 2 is 2.03 bits per heavy atom. The van der Waals surface area contributed by atoms with Crippen LogP contribution in [0, 0.1) is 17.8 Å². The fourth-order valence-electron chi connectivity index (χ4n) is 5.53. The van der Waals surface area contributed by atoms with Crippen LogP contribution in [0.5, 0.6) is 0 Å². The van der Waals surface area contributed by atoms with Crippen LogP contribution in [-0.2, 0) is 19.1 Å². The summed E-state index contributed by atoms with van der Waals surface area (Å²) < 4.78 is 4.63. The second-order valence-electron chi connectivity index (χ2n) is 10.4. The molecule has 2 N–H and O–H groups in total. The topological polar surface area (TPSA) is 95.9 Å². The number of amides is 2. The molecule has 3 saturated heterocycles. The number of hydrogen-bond acceptors (Lipinski definition) is 6. The number of thioether (sulfide) groups is 1. The predicted octanol–water partition coefficient (Wildman–Crippen LogP) is 2.34. The van der Waals surface area contributed by atoms with Crippen molar-refractivity contribution in [1.29, 1.82) is 0 Å². The Kier molecular flexibility index (Phi) is 7.10. The summed E-state index contributed by atoms with van der Waals surface area (Å²) in [4.78, 5) is 42.0. The van der Waals surface area contributed by atoms with Gasteiger partial charge in [-0.3, -0.25) is 14.4 Å². The van der Waals surface area contributed by atoms with Crippen molar-refractivity contribution in [2.45, 2.75) is 86.8 Å². The van der Waals surface area contributed by atoms with Gasteiger partial charge in [-0.15, -0.1) is 11.8 Å². The van der Waals surface area contributed by atoms with E-state index in [2.05, 4.69) is 21.2 Å². The molecule has 7 atom stereocenters. The van der Waals surface area contributed by atoms with E-state index in [1.165, 1.54) is 0 Å². The molecule has 3 heterocycles. The number of fused-ring (bicyclic) bond motifs is 1. The van der Waals surface area contributed by atoms with Crippen LogP contribution < -0.4 is 5.32 Å². The number of carbonyl (C=O) groups excluding carboxylic acids is 3. The summed E-state index contributed by atoms with van der Waals surface area (Å²) in [5.74, 6) is -1.77. The van der Waals surface area contributed by atoms with Crippen molar-refractivity contribution in [3.8, 4) is 0 Å². The van der Waals surface area contributed by atoms with Crippen molar-refractivity contribution in [2.24, 2.45) is 17.8 Å². The minimum atomic E-state index is -0.741. The highest BCUT2D eigenvalue weighted by Gasteiger charge is 2.76. The first-order chi connectivity index (χ1) is 14.4. The van der Waals surface area contributed by atoms with Crippen LogP contribution in [0.2, 0.25) is 0 Å². The maximum Gasteiger partial charge on any atom is 0.310 e. The first-order valence-corrected chi connectivity index (χ1v) is 12.9. The molecule has 1 spiro atoms. The summed E-state index contributed by atoms with van der Waals surface area (Å²) in [7, 11) is 0. The molecule has 3 fully saturated rings. The molecule has 2 amide bonds. The summed E-state index contributed by atoms with van der Waals surface area (Å²) >= 11 is 5.30. The van der Waals surface area contributed by atoms with Gasteiger partial charge in [-0.05, 0) is 46.5 Å². The molecular formula is C22H35BrN2O5S. The van der Waals surface area contributed by atoms with Gasteiger partial charge >= 0.3 is 5.97 Å². The zero-order valence-corrected chi connectivity index (χ0v) is 21.6. The van der Waals surface area contributed by atoms with Crippen LogP contribution in [0.25, 0.3) is 0 Å². The van der Waals surface area contributed by atoms with Gasteiger partial charge in [-0.1, -0.05) is 29.8 Å². The standard InChI is InChI=1S/C22H35BrN2O5S/c1-7-30-20(29)14-15-19(28)25(12(10-26)8-11(2)3)17(18(27)24-21(4,5)6)22(15)9-13(23)16(14)31-22/h11-17,26H,7-10H2,1-6H3,(H,24,27)/t12-,13?,14-,15+,16-,17?,22?/m1/s1. The van der Waals surface area contributed by atoms with Crippen molar-refractivity contribution in [1.82, 2.24) is 10.2 Å². The third kappa shape index (κ3) is 4.26. The average Bonchev–Trinajstić information content (AvgIpc) is 3.22. The number of carbonyl (C=O) groups is 3. The van der Waals surface area contributed by atoms with Gasteiger partial charge in [0.2, 0.25) is 11.8 Å². The molecular weight excluding hydrogens is 484 g/mol. The Bertz CT molecular complexity index is 742. The van der Waals surface area contributed by atoms with Gasteiger partial charge in [-0.2, -0.15) is 0 Å². The van der Waals surface area contributed by atoms with Crippen molar-refractivity contribution >= 4 is 45.5 Å². The van der Waals surface area contributed by atoms with Crippen LogP contribution in [0.4, 0.5) is 0 Å². The summed E-state index contributed by atoms with van der Waals surface area (Å²) in [6, 6.07) is -1.21. The lowest BCUT2D eigenvalue weighted by Crippen LogP contribution is -2.59. The van der Waals surface area contributed by atoms with E-state index in [0.29, 0.717) is 12.8 Å². The number of halogens is 1. The van der Waals surface area contributed by atoms with Crippen molar-refractivity contribution < 1.29 is 24.2 Å². The molecule has 3 rings (SSSR count). The Morgan fingerprint density at radius 3 is 2.55 bits per heavy atom. The molecule has 0 aromatic heterocycles. The van der Waals surface area contributed by atoms with Crippen molar-refractivity contribution in [3.63, 3.8) is 0 Å². The number of ether oxygens (including phenoxy) is 1. The van der Waals surface area contributed by atoms with Gasteiger partial charge in [0.25, 0.3) is 0 Å². The highest BCUT2D eigenvalue weighted by molar-refractivity contribution is 9.09. The number of aliphatic hydroxyl groups is 1. The maximum absolute atomic E-state index is 13.9. The van der Waals surface area contributed by atoms with E-state index in [1.807, 2.05) is 34.6 Å². The number of nitrogens with one attached hydrogen (secondary N) is 1. The number of aliphatic hydroxyl groups excluding tert-OH is 1. The lowest BCUT2D eigenvalue weighted by molar-refractivity contribution is -0.154. The van der Waals surface area contributed by atoms with Crippen LogP contribution in [0.1, 0.15) is 54.4 Å². The lowest BCUT2D eigenvalue weighted by Gasteiger charge is -2.39. The normalized spacial score (nSPS) is 35.5. The highest BCUT2D eigenvalue weighted by Crippen LogP contribution is 2.68. The SMILES string of the molecule is CCOC(=O)[C@H]1[C@@H]2SC3(CC2Br)C(C(=O)NC(C)(C)C)N([C@@H](CO)CC(C)C)C(=O)[C@H]13. The van der Waals surface area contributed by atoms with Crippen molar-refractivity contribution in [3.05, 3.63) is 0 Å². The monoisotopic (exact) mass is 518 g/mol. The molecule has 0 aromatic rings. The van der Waals surface area contributed by atoms with E-state index in [9.17, 15) is 19.5 Å². The van der Waals surface area contributed by atoms with Gasteiger partial charge in [0.1, 0.15) is 6.04 Å². The van der Waals surface area contributed by atoms with Crippen molar-refractivity contribution in [2.75, 3.05) is 13.2 Å². The summed E-state index contributed by atoms with van der Waals surface area (Å²) in [5, 5.41) is 13.1. The molecule has 0 aliphatic carbocycles. The highest BCUT2D eigenvalue weighted by atomic mass is 79.9. The number of rotatable bonds is 7. The Morgan fingerprint density at radius 1 is 1.39 bits per heavy atom. The third-order valence-corrected chi connectivity index (χ3v) is 9.60. The zero-order chi connectivity index (χ0) is 23.3.